The van der Waals surface area contributed by atoms with Crippen LogP contribution in [0.3, 0.4) is 0 Å². The van der Waals surface area contributed by atoms with Gasteiger partial charge in [-0.1, -0.05) is 29.3 Å². The average Bonchev–Trinajstić information content (AvgIpc) is 2.33. The van der Waals surface area contributed by atoms with Crippen LogP contribution in [-0.4, -0.2) is 0 Å². The molecule has 0 radical (unpaired) electrons. The number of ether oxygens (including phenoxy) is 1. The van der Waals surface area contributed by atoms with Crippen LogP contribution >= 0.6 is 23.2 Å². The topological polar surface area (TPSA) is 9.23 Å². The van der Waals surface area contributed by atoms with Crippen LogP contribution in [0.2, 0.25) is 10.0 Å². The highest BCUT2D eigenvalue weighted by atomic mass is 35.5. The summed E-state index contributed by atoms with van der Waals surface area (Å²) in [6.45, 7) is 0.335. The molecule has 0 aliphatic rings. The summed E-state index contributed by atoms with van der Waals surface area (Å²) in [6, 6.07) is 11.5. The molecule has 0 saturated heterocycles. The Morgan fingerprint density at radius 3 is 2.35 bits per heavy atom. The van der Waals surface area contributed by atoms with Gasteiger partial charge in [0.05, 0.1) is 5.02 Å². The molecule has 17 heavy (non-hydrogen) atoms. The number of halogens is 3. The lowest BCUT2D eigenvalue weighted by atomic mass is 10.2. The summed E-state index contributed by atoms with van der Waals surface area (Å²) >= 11 is 11.4. The lowest BCUT2D eigenvalue weighted by Gasteiger charge is -2.06. The Morgan fingerprint density at radius 1 is 1.00 bits per heavy atom. The van der Waals surface area contributed by atoms with E-state index < -0.39 is 5.82 Å². The predicted molar refractivity (Wildman–Crippen MR) is 67.2 cm³/mol. The zero-order valence-electron chi connectivity index (χ0n) is 8.79. The third-order valence-electron chi connectivity index (χ3n) is 2.20. The summed E-state index contributed by atoms with van der Waals surface area (Å²) in [4.78, 5) is 0. The van der Waals surface area contributed by atoms with E-state index in [9.17, 15) is 4.39 Å². The van der Waals surface area contributed by atoms with Crippen LogP contribution in [0.1, 0.15) is 5.56 Å². The van der Waals surface area contributed by atoms with Crippen molar-refractivity contribution in [1.82, 2.24) is 0 Å². The van der Waals surface area contributed by atoms with Crippen LogP contribution in [0.25, 0.3) is 0 Å². The predicted octanol–water partition coefficient (Wildman–Crippen LogP) is 4.71. The Hall–Kier alpha value is -1.25. The first-order valence-corrected chi connectivity index (χ1v) is 5.73. The molecule has 0 fully saturated rings. The van der Waals surface area contributed by atoms with Gasteiger partial charge in [0, 0.05) is 5.02 Å². The summed E-state index contributed by atoms with van der Waals surface area (Å²) < 4.78 is 18.4. The lowest BCUT2D eigenvalue weighted by molar-refractivity contribution is 0.306. The van der Waals surface area contributed by atoms with Gasteiger partial charge in [0.25, 0.3) is 0 Å². The summed E-state index contributed by atoms with van der Waals surface area (Å²) in [5.41, 5.74) is 0.811. The number of benzene rings is 2. The third kappa shape index (κ3) is 3.35. The summed E-state index contributed by atoms with van der Waals surface area (Å²) in [5, 5.41) is 0.754. The average molecular weight is 271 g/mol. The van der Waals surface area contributed by atoms with Gasteiger partial charge in [-0.2, -0.15) is 0 Å². The number of hydrogen-bond acceptors (Lipinski definition) is 1. The van der Waals surface area contributed by atoms with Gasteiger partial charge < -0.3 is 4.74 Å². The van der Waals surface area contributed by atoms with E-state index in [1.807, 2.05) is 0 Å². The Bertz CT molecular complexity index is 511. The van der Waals surface area contributed by atoms with E-state index in [-0.39, 0.29) is 5.02 Å². The second-order valence-corrected chi connectivity index (χ2v) is 4.33. The second kappa shape index (κ2) is 5.39. The molecule has 0 aliphatic heterocycles. The van der Waals surface area contributed by atoms with Crippen molar-refractivity contribution in [2.45, 2.75) is 6.61 Å². The first-order valence-electron chi connectivity index (χ1n) is 4.97. The number of rotatable bonds is 3. The minimum atomic E-state index is -0.429. The van der Waals surface area contributed by atoms with Gasteiger partial charge in [-0.15, -0.1) is 0 Å². The molecule has 2 aromatic rings. The Balaban J connectivity index is 2.02. The van der Waals surface area contributed by atoms with Gasteiger partial charge in [-0.25, -0.2) is 4.39 Å². The van der Waals surface area contributed by atoms with E-state index in [0.717, 1.165) is 5.56 Å². The molecule has 0 atom stereocenters. The molecule has 0 amide bonds. The van der Waals surface area contributed by atoms with Crippen molar-refractivity contribution in [1.29, 1.82) is 0 Å². The van der Waals surface area contributed by atoms with E-state index in [2.05, 4.69) is 0 Å². The first kappa shape index (κ1) is 12.2. The largest absolute Gasteiger partial charge is 0.489 e. The Kier molecular flexibility index (Phi) is 3.87. The molecule has 2 aromatic carbocycles. The normalized spacial score (nSPS) is 10.3. The van der Waals surface area contributed by atoms with Gasteiger partial charge in [-0.05, 0) is 42.0 Å². The van der Waals surface area contributed by atoms with Crippen molar-refractivity contribution in [2.75, 3.05) is 0 Å². The SMILES string of the molecule is Fc1ccc(COc2ccc(Cl)cc2)cc1Cl. The standard InChI is InChI=1S/C13H9Cl2FO/c14-10-2-4-11(5-3-10)17-8-9-1-6-13(16)12(15)7-9/h1-7H,8H2. The van der Waals surface area contributed by atoms with Crippen molar-refractivity contribution >= 4 is 23.2 Å². The van der Waals surface area contributed by atoms with E-state index in [0.29, 0.717) is 17.4 Å². The zero-order valence-corrected chi connectivity index (χ0v) is 10.3. The van der Waals surface area contributed by atoms with Crippen molar-refractivity contribution in [3.8, 4) is 5.75 Å². The molecule has 0 aromatic heterocycles. The van der Waals surface area contributed by atoms with E-state index >= 15 is 0 Å². The maximum absolute atomic E-state index is 12.9. The van der Waals surface area contributed by atoms with Crippen LogP contribution in [-0.2, 0) is 6.61 Å². The minimum absolute atomic E-state index is 0.0993. The molecular weight excluding hydrogens is 262 g/mol. The van der Waals surface area contributed by atoms with E-state index in [4.69, 9.17) is 27.9 Å². The fourth-order valence-corrected chi connectivity index (χ4v) is 1.66. The van der Waals surface area contributed by atoms with Gasteiger partial charge in [0.2, 0.25) is 0 Å². The molecule has 0 saturated carbocycles. The molecule has 4 heteroatoms. The van der Waals surface area contributed by atoms with Crippen LogP contribution in [0, 0.1) is 5.82 Å². The van der Waals surface area contributed by atoms with Crippen molar-refractivity contribution in [3.63, 3.8) is 0 Å². The van der Waals surface area contributed by atoms with E-state index in [1.54, 1.807) is 36.4 Å². The first-order chi connectivity index (χ1) is 8.15. The highest BCUT2D eigenvalue weighted by Crippen LogP contribution is 2.19. The van der Waals surface area contributed by atoms with Gasteiger partial charge >= 0.3 is 0 Å². The Morgan fingerprint density at radius 2 is 1.71 bits per heavy atom. The van der Waals surface area contributed by atoms with Crippen LogP contribution in [0.5, 0.6) is 5.75 Å². The molecule has 88 valence electrons. The van der Waals surface area contributed by atoms with Crippen molar-refractivity contribution < 1.29 is 9.13 Å². The molecule has 0 N–H and O–H groups in total. The molecule has 2 rings (SSSR count). The summed E-state index contributed by atoms with van der Waals surface area (Å²) in [7, 11) is 0. The molecule has 0 bridgehead atoms. The third-order valence-corrected chi connectivity index (χ3v) is 2.74. The minimum Gasteiger partial charge on any atom is -0.489 e. The smallest absolute Gasteiger partial charge is 0.141 e. The maximum Gasteiger partial charge on any atom is 0.141 e. The highest BCUT2D eigenvalue weighted by molar-refractivity contribution is 6.31. The van der Waals surface area contributed by atoms with Crippen molar-refractivity contribution in [2.24, 2.45) is 0 Å². The Labute approximate surface area is 109 Å². The molecule has 0 spiro atoms. The van der Waals surface area contributed by atoms with Crippen molar-refractivity contribution in [3.05, 3.63) is 63.9 Å². The fraction of sp³-hybridized carbons (Fsp3) is 0.0769. The highest BCUT2D eigenvalue weighted by Gasteiger charge is 2.01. The monoisotopic (exact) mass is 270 g/mol. The van der Waals surface area contributed by atoms with Gasteiger partial charge in [0.1, 0.15) is 18.2 Å². The summed E-state index contributed by atoms with van der Waals surface area (Å²) in [6.07, 6.45) is 0. The second-order valence-electron chi connectivity index (χ2n) is 3.49. The zero-order chi connectivity index (χ0) is 12.3. The maximum atomic E-state index is 12.9. The van der Waals surface area contributed by atoms with Gasteiger partial charge in [0.15, 0.2) is 0 Å². The molecule has 0 heterocycles. The molecule has 1 nitrogen and oxygen atoms in total. The quantitative estimate of drug-likeness (QED) is 0.785. The summed E-state index contributed by atoms with van der Waals surface area (Å²) in [5.74, 6) is 0.275. The molecular formula is C13H9Cl2FO. The van der Waals surface area contributed by atoms with E-state index in [1.165, 1.54) is 6.07 Å². The number of hydrogen-bond donors (Lipinski definition) is 0. The molecule has 0 unspecified atom stereocenters. The fourth-order valence-electron chi connectivity index (χ4n) is 1.33. The van der Waals surface area contributed by atoms with Crippen LogP contribution < -0.4 is 4.74 Å². The molecule has 0 aliphatic carbocycles. The lowest BCUT2D eigenvalue weighted by Crippen LogP contribution is -1.95. The van der Waals surface area contributed by atoms with Gasteiger partial charge in [-0.3, -0.25) is 0 Å². The van der Waals surface area contributed by atoms with Crippen LogP contribution in [0.15, 0.2) is 42.5 Å². The van der Waals surface area contributed by atoms with Crippen LogP contribution in [0.4, 0.5) is 4.39 Å².